The zero-order valence-corrected chi connectivity index (χ0v) is 29.2. The van der Waals surface area contributed by atoms with Gasteiger partial charge in [0.25, 0.3) is 5.99 Å². The van der Waals surface area contributed by atoms with Gasteiger partial charge in [-0.15, -0.1) is 0 Å². The molecule has 0 fully saturated rings. The Hall–Kier alpha value is -6.43. The van der Waals surface area contributed by atoms with Gasteiger partial charge in [0, 0.05) is 32.1 Å². The minimum Gasteiger partial charge on any atom is -0.458 e. The van der Waals surface area contributed by atoms with Crippen LogP contribution in [0.1, 0.15) is 0 Å². The lowest BCUT2D eigenvalue weighted by Crippen LogP contribution is -2.46. The Bertz CT molecular complexity index is 3100. The molecule has 3 nitrogen and oxygen atoms in total. The lowest BCUT2D eigenvalue weighted by Gasteiger charge is -2.33. The Morgan fingerprint density at radius 3 is 2.02 bits per heavy atom. The predicted octanol–water partition coefficient (Wildman–Crippen LogP) is 12.0. The van der Waals surface area contributed by atoms with E-state index < -0.39 is 0 Å². The summed E-state index contributed by atoms with van der Waals surface area (Å²) < 4.78 is 15.3. The second kappa shape index (κ2) is 11.0. The van der Waals surface area contributed by atoms with Crippen molar-refractivity contribution in [1.82, 2.24) is 4.57 Å². The number of nitrogens with zero attached hydrogens (tertiary/aromatic N) is 1. The maximum atomic E-state index is 6.75. The van der Waals surface area contributed by atoms with Crippen LogP contribution in [0.5, 0.6) is 11.5 Å². The third-order valence-electron chi connectivity index (χ3n) is 11.1. The standard InChI is InChI=1S/C48H28BNO2S/c1-5-16-41-34(12-1)35-13-2-6-17-42(35)50(41)33-11-9-10-29(24-33)32-26-39-37-22-20-31(30-21-23-44-38(25-30)36-14-3-7-18-43(36)51-44)28-47(37)53-49-40-15-4-8-19-45(40)52-46(27-32)48(39)49/h1-28H. The van der Waals surface area contributed by atoms with Gasteiger partial charge in [0.05, 0.1) is 11.0 Å². The summed E-state index contributed by atoms with van der Waals surface area (Å²) in [5.74, 6) is 1.99. The van der Waals surface area contributed by atoms with Gasteiger partial charge in [0.15, 0.2) is 0 Å². The first kappa shape index (κ1) is 29.2. The average molecular weight is 694 g/mol. The first-order valence-electron chi connectivity index (χ1n) is 18.0. The van der Waals surface area contributed by atoms with Crippen LogP contribution in [0, 0.1) is 0 Å². The van der Waals surface area contributed by atoms with Crippen molar-refractivity contribution in [2.75, 3.05) is 0 Å². The van der Waals surface area contributed by atoms with Crippen molar-refractivity contribution < 1.29 is 9.15 Å². The normalized spacial score (nSPS) is 12.9. The smallest absolute Gasteiger partial charge is 0.289 e. The molecule has 0 amide bonds. The highest BCUT2D eigenvalue weighted by atomic mass is 32.2. The molecule has 10 aromatic rings. The monoisotopic (exact) mass is 693 g/mol. The molecule has 2 aromatic heterocycles. The summed E-state index contributed by atoms with van der Waals surface area (Å²) in [4.78, 5) is 1.27. The van der Waals surface area contributed by atoms with Gasteiger partial charge in [0.2, 0.25) is 0 Å². The van der Waals surface area contributed by atoms with Crippen LogP contribution in [0.25, 0.3) is 82.8 Å². The average Bonchev–Trinajstić information content (AvgIpc) is 3.76. The van der Waals surface area contributed by atoms with Crippen LogP contribution in [0.4, 0.5) is 0 Å². The quantitative estimate of drug-likeness (QED) is 0.172. The molecule has 2 aliphatic heterocycles. The molecular formula is C48H28BNO2S. The molecule has 0 saturated carbocycles. The fraction of sp³-hybridized carbons (Fsp3) is 0. The molecule has 12 rings (SSSR count). The molecule has 0 aliphatic carbocycles. The van der Waals surface area contributed by atoms with Crippen LogP contribution in [-0.4, -0.2) is 10.6 Å². The van der Waals surface area contributed by atoms with Crippen molar-refractivity contribution in [1.29, 1.82) is 0 Å². The van der Waals surface area contributed by atoms with Gasteiger partial charge in [-0.3, -0.25) is 0 Å². The Morgan fingerprint density at radius 2 is 1.15 bits per heavy atom. The Morgan fingerprint density at radius 1 is 0.453 bits per heavy atom. The third-order valence-corrected chi connectivity index (χ3v) is 12.4. The Balaban J connectivity index is 1.03. The van der Waals surface area contributed by atoms with Gasteiger partial charge in [-0.25, -0.2) is 0 Å². The van der Waals surface area contributed by atoms with Gasteiger partial charge >= 0.3 is 0 Å². The van der Waals surface area contributed by atoms with Crippen molar-refractivity contribution in [3.8, 4) is 50.6 Å². The number of furan rings is 1. The van der Waals surface area contributed by atoms with E-state index in [-0.39, 0.29) is 5.99 Å². The molecule has 0 bridgehead atoms. The number of hydrogen-bond acceptors (Lipinski definition) is 3. The molecule has 0 radical (unpaired) electrons. The molecule has 5 heteroatoms. The van der Waals surface area contributed by atoms with Gasteiger partial charge in [0.1, 0.15) is 22.7 Å². The molecular weight excluding hydrogens is 665 g/mol. The van der Waals surface area contributed by atoms with Crippen LogP contribution >= 0.6 is 11.6 Å². The highest BCUT2D eigenvalue weighted by Gasteiger charge is 2.38. The van der Waals surface area contributed by atoms with Crippen molar-refractivity contribution in [3.63, 3.8) is 0 Å². The van der Waals surface area contributed by atoms with Gasteiger partial charge < -0.3 is 13.7 Å². The maximum absolute atomic E-state index is 6.75. The topological polar surface area (TPSA) is 27.3 Å². The number of para-hydroxylation sites is 4. The SMILES string of the molecule is c1cc(-c2cc3c4c(c2)-c2ccc(-c5ccc6oc7ccccc7c6c5)cc2SB4c2ccccc2O3)cc(-n2c3ccccc3c3ccccc32)c1. The second-order valence-corrected chi connectivity index (χ2v) is 15.2. The van der Waals surface area contributed by atoms with E-state index in [2.05, 4.69) is 162 Å². The number of hydrogen-bond donors (Lipinski definition) is 0. The molecule has 0 unspecified atom stereocenters. The van der Waals surface area contributed by atoms with Crippen molar-refractivity contribution in [2.24, 2.45) is 0 Å². The zero-order valence-electron chi connectivity index (χ0n) is 28.4. The number of benzene rings is 8. The maximum Gasteiger partial charge on any atom is 0.289 e. The van der Waals surface area contributed by atoms with Crippen molar-refractivity contribution >= 4 is 72.3 Å². The van der Waals surface area contributed by atoms with Crippen LogP contribution < -0.4 is 15.7 Å². The van der Waals surface area contributed by atoms with Crippen LogP contribution in [-0.2, 0) is 0 Å². The van der Waals surface area contributed by atoms with Crippen LogP contribution in [0.3, 0.4) is 0 Å². The van der Waals surface area contributed by atoms with E-state index in [1.165, 1.54) is 59.9 Å². The number of fused-ring (bicyclic) bond motifs is 10. The summed E-state index contributed by atoms with van der Waals surface area (Å²) in [5, 5.41) is 4.81. The van der Waals surface area contributed by atoms with Gasteiger partial charge in [-0.05, 0) is 111 Å². The summed E-state index contributed by atoms with van der Waals surface area (Å²) >= 11 is 1.93. The minimum absolute atomic E-state index is 0.131. The van der Waals surface area contributed by atoms with Crippen LogP contribution in [0.2, 0.25) is 0 Å². The Kier molecular flexibility index (Phi) is 6.08. The molecule has 2 aliphatic rings. The van der Waals surface area contributed by atoms with Crippen molar-refractivity contribution in [3.05, 3.63) is 170 Å². The molecule has 0 spiro atoms. The first-order valence-corrected chi connectivity index (χ1v) is 18.9. The summed E-state index contributed by atoms with van der Waals surface area (Å²) in [6.45, 7) is 0. The Labute approximate surface area is 310 Å². The lowest BCUT2D eigenvalue weighted by molar-refractivity contribution is 0.488. The van der Waals surface area contributed by atoms with E-state index in [0.29, 0.717) is 0 Å². The molecule has 0 atom stereocenters. The fourth-order valence-electron chi connectivity index (χ4n) is 8.64. The molecule has 0 saturated heterocycles. The fourth-order valence-corrected chi connectivity index (χ4v) is 10.1. The van der Waals surface area contributed by atoms with E-state index in [9.17, 15) is 0 Å². The first-order chi connectivity index (χ1) is 26.2. The highest BCUT2D eigenvalue weighted by molar-refractivity contribution is 8.28. The van der Waals surface area contributed by atoms with E-state index >= 15 is 0 Å². The zero-order chi connectivity index (χ0) is 34.6. The molecule has 0 N–H and O–H groups in total. The van der Waals surface area contributed by atoms with E-state index in [4.69, 9.17) is 9.15 Å². The van der Waals surface area contributed by atoms with Crippen LogP contribution in [0.15, 0.2) is 179 Å². The number of rotatable bonds is 3. The summed E-state index contributed by atoms with van der Waals surface area (Å²) in [5.41, 5.74) is 15.0. The van der Waals surface area contributed by atoms with Gasteiger partial charge in [-0.1, -0.05) is 103 Å². The van der Waals surface area contributed by atoms with E-state index in [1.54, 1.807) is 0 Å². The number of ether oxygens (including phenoxy) is 1. The predicted molar refractivity (Wildman–Crippen MR) is 222 cm³/mol. The number of aromatic nitrogens is 1. The minimum atomic E-state index is 0.131. The molecule has 8 aromatic carbocycles. The summed E-state index contributed by atoms with van der Waals surface area (Å²) in [6.07, 6.45) is 0. The molecule has 53 heavy (non-hydrogen) atoms. The largest absolute Gasteiger partial charge is 0.458 e. The van der Waals surface area contributed by atoms with Crippen molar-refractivity contribution in [2.45, 2.75) is 4.90 Å². The van der Waals surface area contributed by atoms with E-state index in [1.807, 2.05) is 23.7 Å². The molecule has 246 valence electrons. The van der Waals surface area contributed by atoms with E-state index in [0.717, 1.165) is 50.3 Å². The molecule has 4 heterocycles. The lowest BCUT2D eigenvalue weighted by atomic mass is 9.57. The highest BCUT2D eigenvalue weighted by Crippen LogP contribution is 2.46. The van der Waals surface area contributed by atoms with Gasteiger partial charge in [-0.2, -0.15) is 11.6 Å². The second-order valence-electron chi connectivity index (χ2n) is 14.0. The summed E-state index contributed by atoms with van der Waals surface area (Å²) in [6, 6.07) is 61.2. The summed E-state index contributed by atoms with van der Waals surface area (Å²) in [7, 11) is 0. The third kappa shape index (κ3) is 4.32.